The Morgan fingerprint density at radius 2 is 1.88 bits per heavy atom. The fraction of sp³-hybridized carbons (Fsp3) is 0.692. The molecule has 0 radical (unpaired) electrons. The first kappa shape index (κ1) is 13.7. The van der Waals surface area contributed by atoms with Gasteiger partial charge in [0, 0.05) is 12.5 Å². The summed E-state index contributed by atoms with van der Waals surface area (Å²) >= 11 is 0. The molecule has 0 spiro atoms. The number of aromatic nitrogens is 2. The van der Waals surface area contributed by atoms with Gasteiger partial charge in [0.2, 0.25) is 5.88 Å². The van der Waals surface area contributed by atoms with Gasteiger partial charge < -0.3 is 10.1 Å². The monoisotopic (exact) mass is 237 g/mol. The van der Waals surface area contributed by atoms with Gasteiger partial charge in [-0.1, -0.05) is 27.7 Å². The summed E-state index contributed by atoms with van der Waals surface area (Å²) in [5.74, 6) is 2.34. The first-order valence-electron chi connectivity index (χ1n) is 6.09. The van der Waals surface area contributed by atoms with Gasteiger partial charge in [-0.05, 0) is 13.3 Å². The van der Waals surface area contributed by atoms with Crippen LogP contribution in [0, 0.1) is 6.92 Å². The summed E-state index contributed by atoms with van der Waals surface area (Å²) in [7, 11) is 1.87. The van der Waals surface area contributed by atoms with Gasteiger partial charge in [0.1, 0.15) is 11.6 Å². The highest BCUT2D eigenvalue weighted by Gasteiger charge is 2.21. The lowest BCUT2D eigenvalue weighted by Gasteiger charge is -2.20. The molecule has 17 heavy (non-hydrogen) atoms. The van der Waals surface area contributed by atoms with Crippen LogP contribution in [0.2, 0.25) is 0 Å². The van der Waals surface area contributed by atoms with Gasteiger partial charge in [0.15, 0.2) is 0 Å². The molecule has 96 valence electrons. The normalized spacial score (nSPS) is 11.4. The molecule has 0 saturated carbocycles. The van der Waals surface area contributed by atoms with Crippen molar-refractivity contribution >= 4 is 5.82 Å². The average molecular weight is 237 g/mol. The van der Waals surface area contributed by atoms with Crippen LogP contribution in [0.5, 0.6) is 5.88 Å². The molecule has 1 rings (SSSR count). The number of anilines is 1. The van der Waals surface area contributed by atoms with Crippen molar-refractivity contribution in [2.75, 3.05) is 19.0 Å². The lowest BCUT2D eigenvalue weighted by atomic mass is 9.95. The summed E-state index contributed by atoms with van der Waals surface area (Å²) < 4.78 is 5.67. The smallest absolute Gasteiger partial charge is 0.221 e. The summed E-state index contributed by atoms with van der Waals surface area (Å²) in [6, 6.07) is 0. The molecule has 0 amide bonds. The molecule has 1 N–H and O–H groups in total. The Kier molecular flexibility index (Phi) is 4.32. The van der Waals surface area contributed by atoms with Crippen molar-refractivity contribution in [3.63, 3.8) is 0 Å². The molecular formula is C13H23N3O. The zero-order valence-corrected chi connectivity index (χ0v) is 11.7. The molecule has 0 unspecified atom stereocenters. The van der Waals surface area contributed by atoms with E-state index >= 15 is 0 Å². The van der Waals surface area contributed by atoms with E-state index in [2.05, 4.69) is 43.0 Å². The minimum Gasteiger partial charge on any atom is -0.477 e. The molecular weight excluding hydrogens is 214 g/mol. The maximum atomic E-state index is 5.67. The minimum atomic E-state index is -0.0797. The predicted molar refractivity (Wildman–Crippen MR) is 70.8 cm³/mol. The summed E-state index contributed by atoms with van der Waals surface area (Å²) in [5.41, 5.74) is 0.887. The quantitative estimate of drug-likeness (QED) is 0.874. The van der Waals surface area contributed by atoms with Crippen LogP contribution in [0.1, 0.15) is 45.5 Å². The van der Waals surface area contributed by atoms with Gasteiger partial charge in [-0.3, -0.25) is 0 Å². The van der Waals surface area contributed by atoms with E-state index in [9.17, 15) is 0 Å². The summed E-state index contributed by atoms with van der Waals surface area (Å²) in [6.45, 7) is 11.0. The van der Waals surface area contributed by atoms with E-state index in [1.807, 2.05) is 14.0 Å². The second kappa shape index (κ2) is 5.34. The Morgan fingerprint density at radius 1 is 1.24 bits per heavy atom. The third-order valence-corrected chi connectivity index (χ3v) is 2.45. The summed E-state index contributed by atoms with van der Waals surface area (Å²) in [5, 5.41) is 3.09. The zero-order valence-electron chi connectivity index (χ0n) is 11.7. The zero-order chi connectivity index (χ0) is 13.1. The molecule has 0 fully saturated rings. The fourth-order valence-corrected chi connectivity index (χ4v) is 1.41. The molecule has 4 nitrogen and oxygen atoms in total. The Labute approximate surface area is 104 Å². The van der Waals surface area contributed by atoms with E-state index in [0.717, 1.165) is 23.6 Å². The van der Waals surface area contributed by atoms with Crippen LogP contribution < -0.4 is 10.1 Å². The Balaban J connectivity index is 3.19. The van der Waals surface area contributed by atoms with Crippen LogP contribution in [0.15, 0.2) is 0 Å². The number of ether oxygens (including phenoxy) is 1. The highest BCUT2D eigenvalue weighted by atomic mass is 16.5. The van der Waals surface area contributed by atoms with Gasteiger partial charge in [-0.2, -0.15) is 4.98 Å². The molecule has 0 aliphatic rings. The van der Waals surface area contributed by atoms with Crippen molar-refractivity contribution in [1.82, 2.24) is 9.97 Å². The van der Waals surface area contributed by atoms with Gasteiger partial charge in [0.25, 0.3) is 0 Å². The molecule has 1 aromatic rings. The van der Waals surface area contributed by atoms with Crippen LogP contribution in [-0.2, 0) is 5.41 Å². The molecule has 1 aromatic heterocycles. The highest BCUT2D eigenvalue weighted by Crippen LogP contribution is 2.27. The largest absolute Gasteiger partial charge is 0.477 e. The van der Waals surface area contributed by atoms with E-state index in [0.29, 0.717) is 12.5 Å². The lowest BCUT2D eigenvalue weighted by Crippen LogP contribution is -2.18. The number of nitrogens with zero attached hydrogens (tertiary/aromatic N) is 2. The predicted octanol–water partition coefficient (Wildman–Crippen LogP) is 2.91. The Bertz CT molecular complexity index is 383. The Hall–Kier alpha value is -1.32. The number of nitrogens with one attached hydrogen (secondary N) is 1. The van der Waals surface area contributed by atoms with Crippen molar-refractivity contribution in [1.29, 1.82) is 0 Å². The summed E-state index contributed by atoms with van der Waals surface area (Å²) in [6.07, 6.45) is 0.975. The molecule has 1 heterocycles. The van der Waals surface area contributed by atoms with Crippen LogP contribution >= 0.6 is 0 Å². The van der Waals surface area contributed by atoms with Crippen molar-refractivity contribution in [2.24, 2.45) is 0 Å². The van der Waals surface area contributed by atoms with Crippen LogP contribution in [-0.4, -0.2) is 23.6 Å². The van der Waals surface area contributed by atoms with Gasteiger partial charge in [-0.15, -0.1) is 0 Å². The molecule has 0 aliphatic carbocycles. The third kappa shape index (κ3) is 3.32. The number of rotatable bonds is 4. The number of hydrogen-bond donors (Lipinski definition) is 1. The molecule has 0 bridgehead atoms. The standard InChI is InChI=1S/C13H23N3O/c1-7-8-17-11-9(2)10(14-6)15-12(16-11)13(3,4)5/h7-8H2,1-6H3,(H,14,15,16). The van der Waals surface area contributed by atoms with Crippen molar-refractivity contribution < 1.29 is 4.74 Å². The molecule has 0 saturated heterocycles. The molecule has 0 aliphatic heterocycles. The van der Waals surface area contributed by atoms with E-state index < -0.39 is 0 Å². The Morgan fingerprint density at radius 3 is 2.35 bits per heavy atom. The summed E-state index contributed by atoms with van der Waals surface area (Å²) in [4.78, 5) is 9.04. The SMILES string of the molecule is CCCOc1nc(C(C)(C)C)nc(NC)c1C. The van der Waals surface area contributed by atoms with E-state index in [1.54, 1.807) is 0 Å². The van der Waals surface area contributed by atoms with Gasteiger partial charge >= 0.3 is 0 Å². The second-order valence-corrected chi connectivity index (χ2v) is 5.17. The van der Waals surface area contributed by atoms with Crippen LogP contribution in [0.3, 0.4) is 0 Å². The van der Waals surface area contributed by atoms with Gasteiger partial charge in [-0.25, -0.2) is 4.98 Å². The van der Waals surface area contributed by atoms with Crippen LogP contribution in [0.4, 0.5) is 5.82 Å². The van der Waals surface area contributed by atoms with Crippen molar-refractivity contribution in [3.8, 4) is 5.88 Å². The first-order valence-corrected chi connectivity index (χ1v) is 6.09. The lowest BCUT2D eigenvalue weighted by molar-refractivity contribution is 0.299. The number of hydrogen-bond acceptors (Lipinski definition) is 4. The molecule has 0 aromatic carbocycles. The highest BCUT2D eigenvalue weighted by molar-refractivity contribution is 5.48. The van der Waals surface area contributed by atoms with Crippen molar-refractivity contribution in [2.45, 2.75) is 46.5 Å². The van der Waals surface area contributed by atoms with E-state index in [1.165, 1.54) is 0 Å². The minimum absolute atomic E-state index is 0.0797. The third-order valence-electron chi connectivity index (χ3n) is 2.45. The second-order valence-electron chi connectivity index (χ2n) is 5.17. The van der Waals surface area contributed by atoms with E-state index in [-0.39, 0.29) is 5.41 Å². The topological polar surface area (TPSA) is 47.0 Å². The molecule has 4 heteroatoms. The average Bonchev–Trinajstić information content (AvgIpc) is 2.26. The molecule has 0 atom stereocenters. The van der Waals surface area contributed by atoms with E-state index in [4.69, 9.17) is 4.74 Å². The van der Waals surface area contributed by atoms with Gasteiger partial charge in [0.05, 0.1) is 12.2 Å². The maximum Gasteiger partial charge on any atom is 0.221 e. The van der Waals surface area contributed by atoms with Crippen molar-refractivity contribution in [3.05, 3.63) is 11.4 Å². The maximum absolute atomic E-state index is 5.67. The first-order chi connectivity index (χ1) is 7.90. The van der Waals surface area contributed by atoms with Crippen LogP contribution in [0.25, 0.3) is 0 Å². The fourth-order valence-electron chi connectivity index (χ4n) is 1.41.